The summed E-state index contributed by atoms with van der Waals surface area (Å²) in [6, 6.07) is 9.85. The number of anilines is 2. The lowest BCUT2D eigenvalue weighted by atomic mass is 10.1. The van der Waals surface area contributed by atoms with Crippen LogP contribution >= 0.6 is 11.6 Å². The first-order valence-corrected chi connectivity index (χ1v) is 13.6. The van der Waals surface area contributed by atoms with E-state index in [4.69, 9.17) is 20.6 Å². The Kier molecular flexibility index (Phi) is 7.59. The van der Waals surface area contributed by atoms with E-state index in [1.54, 1.807) is 28.0 Å². The molecule has 0 radical (unpaired) electrons. The minimum Gasteiger partial charge on any atom is -0.398 e. The summed E-state index contributed by atoms with van der Waals surface area (Å²) < 4.78 is 80.5. The summed E-state index contributed by atoms with van der Waals surface area (Å²) in [5, 5.41) is -0.425. The van der Waals surface area contributed by atoms with Gasteiger partial charge in [-0.25, -0.2) is 0 Å². The number of hydrogen-bond donors (Lipinski definition) is 1. The lowest BCUT2D eigenvalue weighted by molar-refractivity contribution is -0.674. The van der Waals surface area contributed by atoms with Gasteiger partial charge in [0.1, 0.15) is 12.4 Å². The van der Waals surface area contributed by atoms with Crippen molar-refractivity contribution in [3.05, 3.63) is 70.8 Å². The quantitative estimate of drug-likeness (QED) is 0.275. The Morgan fingerprint density at radius 1 is 1.14 bits per heavy atom. The molecule has 1 aliphatic rings. The number of alkyl halides is 3. The normalized spacial score (nSPS) is 15.5. The highest BCUT2D eigenvalue weighted by Crippen LogP contribution is 2.47. The molecule has 2 heterocycles. The molecule has 7 nitrogen and oxygen atoms in total. The van der Waals surface area contributed by atoms with Gasteiger partial charge < -0.3 is 14.2 Å². The number of para-hydroxylation sites is 2. The predicted octanol–water partition coefficient (Wildman–Crippen LogP) is 5.89. The van der Waals surface area contributed by atoms with E-state index >= 15 is 0 Å². The molecule has 1 aromatic heterocycles. The van der Waals surface area contributed by atoms with Crippen LogP contribution in [-0.4, -0.2) is 31.8 Å². The Labute approximate surface area is 217 Å². The van der Waals surface area contributed by atoms with Crippen molar-refractivity contribution in [2.45, 2.75) is 33.0 Å². The summed E-state index contributed by atoms with van der Waals surface area (Å²) in [5.74, 6) is 0.613. The van der Waals surface area contributed by atoms with E-state index in [-0.39, 0.29) is 18.7 Å². The van der Waals surface area contributed by atoms with Gasteiger partial charge in [0.25, 0.3) is 15.6 Å². The number of aromatic nitrogens is 1. The average molecular weight is 557 g/mol. The van der Waals surface area contributed by atoms with Gasteiger partial charge in [0.15, 0.2) is 0 Å². The van der Waals surface area contributed by atoms with Crippen LogP contribution in [-0.2, 0) is 22.8 Å². The van der Waals surface area contributed by atoms with E-state index in [1.165, 1.54) is 6.07 Å². The van der Waals surface area contributed by atoms with Crippen LogP contribution in [0.4, 0.5) is 24.5 Å². The van der Waals surface area contributed by atoms with E-state index < -0.39 is 32.6 Å². The van der Waals surface area contributed by atoms with Gasteiger partial charge in [-0.3, -0.25) is 4.55 Å². The molecule has 0 spiro atoms. The van der Waals surface area contributed by atoms with Crippen molar-refractivity contribution in [1.29, 1.82) is 0 Å². The SMILES string of the molecule is CCN1/C(=C/C=C/c2oc3ccccc3[n+]2CC)N(CCCS(=O)(=O)O)c2cc(C(F)(F)F)c(Cl)cc21. The molecule has 4 rings (SSSR count). The van der Waals surface area contributed by atoms with E-state index in [9.17, 15) is 21.6 Å². The van der Waals surface area contributed by atoms with Gasteiger partial charge in [-0.1, -0.05) is 23.7 Å². The van der Waals surface area contributed by atoms with Gasteiger partial charge >= 0.3 is 12.1 Å². The van der Waals surface area contributed by atoms with Crippen molar-refractivity contribution in [1.82, 2.24) is 0 Å². The zero-order valence-electron chi connectivity index (χ0n) is 20.2. The van der Waals surface area contributed by atoms with Gasteiger partial charge in [-0.15, -0.1) is 0 Å². The minimum absolute atomic E-state index is 0.000265. The largest absolute Gasteiger partial charge is 0.417 e. The van der Waals surface area contributed by atoms with Gasteiger partial charge in [0.05, 0.1) is 33.8 Å². The van der Waals surface area contributed by atoms with E-state index in [0.29, 0.717) is 30.5 Å². The summed E-state index contributed by atoms with van der Waals surface area (Å²) in [7, 11) is -4.23. The van der Waals surface area contributed by atoms with Crippen LogP contribution in [0.5, 0.6) is 0 Å². The molecule has 0 saturated carbocycles. The molecule has 0 saturated heterocycles. The molecule has 2 aromatic carbocycles. The highest BCUT2D eigenvalue weighted by molar-refractivity contribution is 7.85. The molecule has 1 aliphatic heterocycles. The molecule has 0 aliphatic carbocycles. The summed E-state index contributed by atoms with van der Waals surface area (Å²) >= 11 is 6.00. The minimum atomic E-state index is -4.66. The number of oxazole rings is 1. The molecule has 0 unspecified atom stereocenters. The number of halogens is 4. The Hall–Kier alpha value is -3.02. The van der Waals surface area contributed by atoms with Crippen molar-refractivity contribution >= 4 is 50.3 Å². The summed E-state index contributed by atoms with van der Waals surface area (Å²) in [5.41, 5.74) is 1.40. The fourth-order valence-corrected chi connectivity index (χ4v) is 5.22. The second kappa shape index (κ2) is 10.4. The Balaban J connectivity index is 1.76. The van der Waals surface area contributed by atoms with Crippen LogP contribution in [0, 0.1) is 0 Å². The lowest BCUT2D eigenvalue weighted by Crippen LogP contribution is -2.33. The first kappa shape index (κ1) is 27.0. The fourth-order valence-electron chi connectivity index (χ4n) is 4.47. The monoisotopic (exact) mass is 556 g/mol. The van der Waals surface area contributed by atoms with Crippen molar-refractivity contribution in [3.63, 3.8) is 0 Å². The van der Waals surface area contributed by atoms with Gasteiger partial charge in [-0.05, 0) is 50.6 Å². The Morgan fingerprint density at radius 2 is 1.84 bits per heavy atom. The van der Waals surface area contributed by atoms with Gasteiger partial charge in [0, 0.05) is 19.2 Å². The highest BCUT2D eigenvalue weighted by Gasteiger charge is 2.38. The topological polar surface area (TPSA) is 77.9 Å². The molecule has 3 aromatic rings. The highest BCUT2D eigenvalue weighted by atomic mass is 35.5. The fraction of sp³-hybridized carbons (Fsp3) is 0.320. The van der Waals surface area contributed by atoms with Crippen LogP contribution in [0.2, 0.25) is 5.02 Å². The number of aryl methyl sites for hydroxylation is 1. The van der Waals surface area contributed by atoms with Crippen LogP contribution in [0.25, 0.3) is 17.2 Å². The number of benzene rings is 2. The number of fused-ring (bicyclic) bond motifs is 2. The molecule has 1 N–H and O–H groups in total. The Bertz CT molecular complexity index is 1480. The standard InChI is InChI=1S/C25H25ClF3N3O4S/c1-3-30-21-16-18(26)17(25(27,28)29)15-20(21)32(13-8-14-37(33,34)35)23(30)11-7-12-24-31(4-2)19-9-5-6-10-22(19)36-24/h5-7,9-12,15-16H,3-4,8,13-14H2,1-2H3/p+1. The average Bonchev–Trinajstić information content (AvgIpc) is 3.31. The van der Waals surface area contributed by atoms with Crippen molar-refractivity contribution < 1.29 is 35.1 Å². The van der Waals surface area contributed by atoms with Crippen molar-refractivity contribution in [2.24, 2.45) is 0 Å². The van der Waals surface area contributed by atoms with Crippen LogP contribution in [0.15, 0.2) is 58.8 Å². The molecule has 12 heteroatoms. The third-order valence-corrected chi connectivity index (χ3v) is 7.16. The molecule has 198 valence electrons. The predicted molar refractivity (Wildman–Crippen MR) is 137 cm³/mol. The second-order valence-electron chi connectivity index (χ2n) is 8.39. The maximum absolute atomic E-state index is 13.6. The Morgan fingerprint density at radius 3 is 2.49 bits per heavy atom. The number of hydrogen-bond acceptors (Lipinski definition) is 5. The van der Waals surface area contributed by atoms with Gasteiger partial charge in [-0.2, -0.15) is 26.2 Å². The van der Waals surface area contributed by atoms with Gasteiger partial charge in [0.2, 0.25) is 5.58 Å². The molecule has 0 fully saturated rings. The zero-order chi connectivity index (χ0) is 27.0. The third kappa shape index (κ3) is 5.63. The molecule has 37 heavy (non-hydrogen) atoms. The maximum atomic E-state index is 13.6. The second-order valence-corrected chi connectivity index (χ2v) is 10.4. The number of rotatable bonds is 8. The number of allylic oxidation sites excluding steroid dienone is 2. The molecule has 0 atom stereocenters. The van der Waals surface area contributed by atoms with E-state index in [2.05, 4.69) is 0 Å². The van der Waals surface area contributed by atoms with Crippen molar-refractivity contribution in [2.75, 3.05) is 28.6 Å². The zero-order valence-corrected chi connectivity index (χ0v) is 21.7. The lowest BCUT2D eigenvalue weighted by Gasteiger charge is -2.24. The summed E-state index contributed by atoms with van der Waals surface area (Å²) in [4.78, 5) is 3.40. The van der Waals surface area contributed by atoms with Crippen LogP contribution in [0.3, 0.4) is 0 Å². The van der Waals surface area contributed by atoms with Crippen molar-refractivity contribution in [3.8, 4) is 0 Å². The smallest absolute Gasteiger partial charge is 0.398 e. The van der Waals surface area contributed by atoms with Crippen LogP contribution < -0.4 is 14.4 Å². The first-order valence-electron chi connectivity index (χ1n) is 11.6. The molecule has 0 amide bonds. The summed E-state index contributed by atoms with van der Waals surface area (Å²) in [6.07, 6.45) is 0.559. The van der Waals surface area contributed by atoms with Crippen LogP contribution in [0.1, 0.15) is 31.7 Å². The third-order valence-electron chi connectivity index (χ3n) is 6.04. The van der Waals surface area contributed by atoms with E-state index in [1.807, 2.05) is 42.7 Å². The first-order chi connectivity index (χ1) is 17.4. The maximum Gasteiger partial charge on any atom is 0.417 e. The molecular weight excluding hydrogens is 531 g/mol. The summed E-state index contributed by atoms with van der Waals surface area (Å²) in [6.45, 7) is 4.98. The van der Waals surface area contributed by atoms with E-state index in [0.717, 1.165) is 17.2 Å². The molecule has 0 bridgehead atoms. The number of nitrogens with zero attached hydrogens (tertiary/aromatic N) is 3. The molecular formula is C25H26ClF3N3O4S+.